The van der Waals surface area contributed by atoms with Gasteiger partial charge < -0.3 is 19.3 Å². The molecule has 4 heterocycles. The Kier molecular flexibility index (Phi) is 6.55. The van der Waals surface area contributed by atoms with E-state index in [0.717, 1.165) is 44.7 Å². The second-order valence-corrected chi connectivity index (χ2v) is 8.38. The average molecular weight is 421 g/mol. The molecule has 2 amide bonds. The van der Waals surface area contributed by atoms with E-state index in [4.69, 9.17) is 9.47 Å². The number of carbonyl (C=O) groups is 2. The minimum Gasteiger partial charge on any atom is -0.448 e. The molecule has 0 unspecified atom stereocenters. The third kappa shape index (κ3) is 4.76. The van der Waals surface area contributed by atoms with Gasteiger partial charge in [0, 0.05) is 45.0 Å². The second kappa shape index (κ2) is 9.32. The Labute approximate surface area is 177 Å². The normalized spacial score (nSPS) is 26.7. The highest BCUT2D eigenvalue weighted by Crippen LogP contribution is 2.30. The minimum absolute atomic E-state index is 0.0385. The highest BCUT2D eigenvalue weighted by Gasteiger charge is 2.39. The molecular formula is C20H32N6O4. The first kappa shape index (κ1) is 21.1. The molecule has 3 saturated heterocycles. The van der Waals surface area contributed by atoms with Crippen LogP contribution in [-0.2, 0) is 21.3 Å². The van der Waals surface area contributed by atoms with Gasteiger partial charge in [0.1, 0.15) is 13.2 Å². The van der Waals surface area contributed by atoms with Crippen molar-refractivity contribution in [1.82, 2.24) is 29.4 Å². The molecule has 0 radical (unpaired) electrons. The topological polar surface area (TPSA) is 83.4 Å². The summed E-state index contributed by atoms with van der Waals surface area (Å²) in [5.74, 6) is -0.0772. The molecule has 0 N–H and O–H groups in total. The zero-order valence-electron chi connectivity index (χ0n) is 17.9. The van der Waals surface area contributed by atoms with Crippen molar-refractivity contribution < 1.29 is 19.1 Å². The average Bonchev–Trinajstić information content (AvgIpc) is 3.27. The summed E-state index contributed by atoms with van der Waals surface area (Å²) in [5, 5.41) is 4.33. The summed E-state index contributed by atoms with van der Waals surface area (Å²) < 4.78 is 12.9. The van der Waals surface area contributed by atoms with Crippen LogP contribution in [0.25, 0.3) is 0 Å². The Bertz CT molecular complexity index is 755. The molecule has 3 aliphatic rings. The lowest BCUT2D eigenvalue weighted by Crippen LogP contribution is -2.54. The first-order chi connectivity index (χ1) is 14.5. The van der Waals surface area contributed by atoms with E-state index in [9.17, 15) is 9.59 Å². The van der Waals surface area contributed by atoms with Crippen LogP contribution in [0.1, 0.15) is 18.0 Å². The molecule has 0 aliphatic carbocycles. The Hall–Kier alpha value is -2.17. The van der Waals surface area contributed by atoms with Gasteiger partial charge in [-0.1, -0.05) is 0 Å². The van der Waals surface area contributed by atoms with Gasteiger partial charge in [-0.05, 0) is 26.6 Å². The van der Waals surface area contributed by atoms with Gasteiger partial charge in [0.05, 0.1) is 31.5 Å². The molecule has 0 bridgehead atoms. The van der Waals surface area contributed by atoms with Crippen molar-refractivity contribution in [3.63, 3.8) is 0 Å². The second-order valence-electron chi connectivity index (χ2n) is 8.38. The number of nitrogens with zero attached hydrogens (tertiary/aromatic N) is 6. The lowest BCUT2D eigenvalue weighted by atomic mass is 10.00. The van der Waals surface area contributed by atoms with Crippen LogP contribution in [0, 0.1) is 0 Å². The van der Waals surface area contributed by atoms with Gasteiger partial charge in [0.2, 0.25) is 5.91 Å². The maximum absolute atomic E-state index is 13.2. The van der Waals surface area contributed by atoms with E-state index in [1.807, 2.05) is 24.3 Å². The molecular weight excluding hydrogens is 388 g/mol. The quantitative estimate of drug-likeness (QED) is 0.651. The van der Waals surface area contributed by atoms with E-state index >= 15 is 0 Å². The molecule has 3 fully saturated rings. The zero-order chi connectivity index (χ0) is 21.1. The monoisotopic (exact) mass is 420 g/mol. The lowest BCUT2D eigenvalue weighted by molar-refractivity contribution is -0.149. The maximum Gasteiger partial charge on any atom is 0.410 e. The summed E-state index contributed by atoms with van der Waals surface area (Å²) in [5.41, 5.74) is 0.964. The smallest absolute Gasteiger partial charge is 0.410 e. The molecule has 0 aromatic carbocycles. The summed E-state index contributed by atoms with van der Waals surface area (Å²) in [6.07, 6.45) is 4.33. The predicted octanol–water partition coefficient (Wildman–Crippen LogP) is -0.222. The Morgan fingerprint density at radius 2 is 2.00 bits per heavy atom. The fourth-order valence-corrected chi connectivity index (χ4v) is 4.51. The summed E-state index contributed by atoms with van der Waals surface area (Å²) in [6, 6.07) is -0.223. The molecule has 0 spiro atoms. The van der Waals surface area contributed by atoms with Crippen LogP contribution < -0.4 is 0 Å². The standard InChI is InChI=1S/C20H32N6O4/c1-22-4-3-5-24(7-6-22)14-17-19(16-12-21-23(2)13-16)26(9-11-29-17)18(27)15-25-8-10-30-20(25)28/h12-13,17,19H,3-11,14-15H2,1-2H3/t17-,19-/m0/s1. The van der Waals surface area contributed by atoms with Gasteiger partial charge in [0.25, 0.3) is 0 Å². The Balaban J connectivity index is 1.51. The van der Waals surface area contributed by atoms with Crippen molar-refractivity contribution in [2.24, 2.45) is 7.05 Å². The molecule has 10 heteroatoms. The summed E-state index contributed by atoms with van der Waals surface area (Å²) >= 11 is 0. The van der Waals surface area contributed by atoms with Crippen molar-refractivity contribution in [1.29, 1.82) is 0 Å². The van der Waals surface area contributed by atoms with Crippen molar-refractivity contribution in [3.8, 4) is 0 Å². The highest BCUT2D eigenvalue weighted by molar-refractivity contribution is 5.83. The number of aryl methyl sites for hydroxylation is 1. The van der Waals surface area contributed by atoms with Gasteiger partial charge in [-0.15, -0.1) is 0 Å². The van der Waals surface area contributed by atoms with Gasteiger partial charge in [0.15, 0.2) is 0 Å². The Morgan fingerprint density at radius 3 is 2.73 bits per heavy atom. The number of aromatic nitrogens is 2. The molecule has 0 saturated carbocycles. The van der Waals surface area contributed by atoms with Crippen molar-refractivity contribution in [3.05, 3.63) is 18.0 Å². The number of rotatable bonds is 5. The van der Waals surface area contributed by atoms with Crippen LogP contribution in [0.3, 0.4) is 0 Å². The molecule has 1 aromatic rings. The van der Waals surface area contributed by atoms with Gasteiger partial charge in [-0.3, -0.25) is 19.3 Å². The van der Waals surface area contributed by atoms with E-state index in [1.54, 1.807) is 4.68 Å². The Morgan fingerprint density at radius 1 is 1.13 bits per heavy atom. The number of hydrogen-bond donors (Lipinski definition) is 0. The fraction of sp³-hybridized carbons (Fsp3) is 0.750. The summed E-state index contributed by atoms with van der Waals surface area (Å²) in [6.45, 7) is 6.74. The number of carbonyl (C=O) groups excluding carboxylic acids is 2. The van der Waals surface area contributed by atoms with E-state index in [2.05, 4.69) is 21.9 Å². The number of likely N-dealkylation sites (N-methyl/N-ethyl adjacent to an activating group) is 1. The molecule has 166 valence electrons. The lowest BCUT2D eigenvalue weighted by Gasteiger charge is -2.42. The fourth-order valence-electron chi connectivity index (χ4n) is 4.51. The predicted molar refractivity (Wildman–Crippen MR) is 109 cm³/mol. The number of morpholine rings is 1. The molecule has 1 aromatic heterocycles. The van der Waals surface area contributed by atoms with Crippen molar-refractivity contribution >= 4 is 12.0 Å². The van der Waals surface area contributed by atoms with Gasteiger partial charge in [-0.25, -0.2) is 4.79 Å². The van der Waals surface area contributed by atoms with E-state index in [1.165, 1.54) is 4.90 Å². The van der Waals surface area contributed by atoms with Crippen molar-refractivity contribution in [2.75, 3.05) is 72.6 Å². The third-order valence-corrected chi connectivity index (χ3v) is 6.16. The van der Waals surface area contributed by atoms with Crippen LogP contribution in [0.5, 0.6) is 0 Å². The molecule has 2 atom stereocenters. The molecule has 30 heavy (non-hydrogen) atoms. The number of ether oxygens (including phenoxy) is 2. The highest BCUT2D eigenvalue weighted by atomic mass is 16.6. The van der Waals surface area contributed by atoms with Crippen molar-refractivity contribution in [2.45, 2.75) is 18.6 Å². The largest absolute Gasteiger partial charge is 0.448 e. The third-order valence-electron chi connectivity index (χ3n) is 6.16. The summed E-state index contributed by atoms with van der Waals surface area (Å²) in [7, 11) is 4.03. The number of cyclic esters (lactones) is 1. The SMILES string of the molecule is CN1CCCN(C[C@@H]2OCCN(C(=O)CN3CCOC3=O)[C@H]2c2cnn(C)c2)CC1. The van der Waals surface area contributed by atoms with Crippen LogP contribution in [0.2, 0.25) is 0 Å². The van der Waals surface area contributed by atoms with E-state index in [0.29, 0.717) is 26.3 Å². The number of hydrogen-bond acceptors (Lipinski definition) is 7. The van der Waals surface area contributed by atoms with Crippen LogP contribution >= 0.6 is 0 Å². The molecule has 3 aliphatic heterocycles. The summed E-state index contributed by atoms with van der Waals surface area (Å²) in [4.78, 5) is 33.1. The molecule has 4 rings (SSSR count). The van der Waals surface area contributed by atoms with E-state index in [-0.39, 0.29) is 24.6 Å². The van der Waals surface area contributed by atoms with Gasteiger partial charge in [-0.2, -0.15) is 5.10 Å². The molecule has 10 nitrogen and oxygen atoms in total. The first-order valence-corrected chi connectivity index (χ1v) is 10.7. The zero-order valence-corrected chi connectivity index (χ0v) is 17.9. The van der Waals surface area contributed by atoms with Crippen LogP contribution in [0.15, 0.2) is 12.4 Å². The van der Waals surface area contributed by atoms with E-state index < -0.39 is 6.09 Å². The number of amides is 2. The van der Waals surface area contributed by atoms with Crippen LogP contribution in [-0.4, -0.2) is 120 Å². The van der Waals surface area contributed by atoms with Gasteiger partial charge >= 0.3 is 6.09 Å². The minimum atomic E-state index is -0.417. The first-order valence-electron chi connectivity index (χ1n) is 10.7. The van der Waals surface area contributed by atoms with Crippen LogP contribution in [0.4, 0.5) is 4.79 Å². The maximum atomic E-state index is 13.2.